The minimum atomic E-state index is 0.0201. The Morgan fingerprint density at radius 1 is 1.29 bits per heavy atom. The van der Waals surface area contributed by atoms with Gasteiger partial charge in [0, 0.05) is 9.75 Å². The minimum absolute atomic E-state index is 0.0201. The maximum atomic E-state index is 6.09. The van der Waals surface area contributed by atoms with Crippen LogP contribution in [0.1, 0.15) is 40.4 Å². The number of hydrogen-bond donors (Lipinski definition) is 1. The van der Waals surface area contributed by atoms with Gasteiger partial charge in [-0.05, 0) is 37.4 Å². The smallest absolute Gasteiger partial charge is 0.211 e. The monoisotopic (exact) mass is 338 g/mol. The fraction of sp³-hybridized carbons (Fsp3) is 0.267. The molecule has 0 spiro atoms. The third-order valence-electron chi connectivity index (χ3n) is 3.13. The van der Waals surface area contributed by atoms with Gasteiger partial charge in [0.25, 0.3) is 0 Å². The number of hydrogen-bond acceptors (Lipinski definition) is 5. The minimum Gasteiger partial charge on any atom is -0.444 e. The van der Waals surface area contributed by atoms with Crippen molar-refractivity contribution in [3.63, 3.8) is 0 Å². The lowest BCUT2D eigenvalue weighted by atomic mass is 10.1. The number of thiophene rings is 2. The van der Waals surface area contributed by atoms with Crippen LogP contribution in [-0.2, 0) is 0 Å². The summed E-state index contributed by atoms with van der Waals surface area (Å²) < 4.78 is 6.41. The summed E-state index contributed by atoms with van der Waals surface area (Å²) in [6.45, 7) is 3.96. The van der Waals surface area contributed by atoms with E-state index < -0.39 is 0 Å². The number of aryl methyl sites for hydroxylation is 1. The van der Waals surface area contributed by atoms with Gasteiger partial charge in [-0.2, -0.15) is 0 Å². The summed E-state index contributed by atoms with van der Waals surface area (Å²) in [7, 11) is 0. The maximum absolute atomic E-state index is 6.09. The van der Waals surface area contributed by atoms with E-state index in [0.717, 1.165) is 10.1 Å². The summed E-state index contributed by atoms with van der Waals surface area (Å²) in [5, 5.41) is 5.67. The van der Waals surface area contributed by atoms with E-state index in [0.29, 0.717) is 5.89 Å². The van der Waals surface area contributed by atoms with Crippen molar-refractivity contribution in [1.82, 2.24) is 10.3 Å². The molecular formula is C15H15ClN2OS2. The molecule has 110 valence electrons. The van der Waals surface area contributed by atoms with Crippen LogP contribution in [0.15, 0.2) is 40.3 Å². The first kappa shape index (κ1) is 14.8. The quantitative estimate of drug-likeness (QED) is 0.694. The molecule has 3 nitrogen and oxygen atoms in total. The molecule has 0 bridgehead atoms. The van der Waals surface area contributed by atoms with Gasteiger partial charge in [-0.25, -0.2) is 4.98 Å². The van der Waals surface area contributed by atoms with Gasteiger partial charge in [0.15, 0.2) is 0 Å². The Bertz CT molecular complexity index is 705. The fourth-order valence-corrected chi connectivity index (χ4v) is 4.15. The Morgan fingerprint density at radius 3 is 2.71 bits per heavy atom. The molecule has 3 aromatic heterocycles. The molecule has 0 saturated carbocycles. The molecule has 2 atom stereocenters. The number of rotatable bonds is 5. The van der Waals surface area contributed by atoms with Crippen LogP contribution in [0.3, 0.4) is 0 Å². The normalized spacial score (nSPS) is 14.2. The topological polar surface area (TPSA) is 38.1 Å². The van der Waals surface area contributed by atoms with E-state index in [2.05, 4.69) is 40.8 Å². The lowest BCUT2D eigenvalue weighted by Gasteiger charge is -2.19. The van der Waals surface area contributed by atoms with Crippen molar-refractivity contribution in [3.05, 3.63) is 61.6 Å². The fourth-order valence-electron chi connectivity index (χ4n) is 2.14. The highest BCUT2D eigenvalue weighted by molar-refractivity contribution is 7.16. The van der Waals surface area contributed by atoms with Gasteiger partial charge in [-0.3, -0.25) is 5.32 Å². The number of oxazole rings is 1. The molecular weight excluding hydrogens is 324 g/mol. The molecule has 3 aromatic rings. The van der Waals surface area contributed by atoms with Crippen molar-refractivity contribution in [1.29, 1.82) is 0 Å². The molecule has 0 saturated heterocycles. The SMILES string of the molecule is Cc1cnc(C(C)NC(c2cccs2)c2ccc(Cl)s2)o1. The van der Waals surface area contributed by atoms with Gasteiger partial charge < -0.3 is 4.42 Å². The summed E-state index contributed by atoms with van der Waals surface area (Å²) in [6, 6.07) is 8.31. The van der Waals surface area contributed by atoms with E-state index in [1.54, 1.807) is 28.9 Å². The molecule has 0 aliphatic heterocycles. The zero-order valence-electron chi connectivity index (χ0n) is 11.7. The molecule has 0 radical (unpaired) electrons. The number of nitrogens with one attached hydrogen (secondary N) is 1. The van der Waals surface area contributed by atoms with Crippen LogP contribution in [0.2, 0.25) is 4.34 Å². The van der Waals surface area contributed by atoms with Crippen LogP contribution in [-0.4, -0.2) is 4.98 Å². The van der Waals surface area contributed by atoms with E-state index in [1.165, 1.54) is 9.75 Å². The van der Waals surface area contributed by atoms with Crippen LogP contribution in [0, 0.1) is 6.92 Å². The zero-order chi connectivity index (χ0) is 14.8. The number of aromatic nitrogens is 1. The molecule has 2 unspecified atom stereocenters. The van der Waals surface area contributed by atoms with Gasteiger partial charge in [0.2, 0.25) is 5.89 Å². The third-order valence-corrected chi connectivity index (χ3v) is 5.37. The van der Waals surface area contributed by atoms with E-state index in [-0.39, 0.29) is 12.1 Å². The third kappa shape index (κ3) is 3.37. The second-order valence-corrected chi connectivity index (χ2v) is 7.51. The Balaban J connectivity index is 1.86. The maximum Gasteiger partial charge on any atom is 0.211 e. The van der Waals surface area contributed by atoms with Crippen LogP contribution in [0.5, 0.6) is 0 Å². The van der Waals surface area contributed by atoms with Crippen molar-refractivity contribution in [3.8, 4) is 0 Å². The molecule has 3 rings (SSSR count). The molecule has 1 N–H and O–H groups in total. The van der Waals surface area contributed by atoms with Crippen LogP contribution in [0.4, 0.5) is 0 Å². The molecule has 6 heteroatoms. The Morgan fingerprint density at radius 2 is 2.14 bits per heavy atom. The van der Waals surface area contributed by atoms with E-state index in [1.807, 2.05) is 13.0 Å². The highest BCUT2D eigenvalue weighted by Gasteiger charge is 2.22. The Labute approximate surface area is 136 Å². The predicted octanol–water partition coefficient (Wildman–Crippen LogP) is 5.20. The summed E-state index contributed by atoms with van der Waals surface area (Å²) in [5.74, 6) is 1.53. The summed E-state index contributed by atoms with van der Waals surface area (Å²) >= 11 is 9.41. The number of halogens is 1. The molecule has 0 aromatic carbocycles. The van der Waals surface area contributed by atoms with E-state index >= 15 is 0 Å². The van der Waals surface area contributed by atoms with Crippen LogP contribution in [0.25, 0.3) is 0 Å². The first-order chi connectivity index (χ1) is 10.1. The predicted molar refractivity (Wildman–Crippen MR) is 88.3 cm³/mol. The molecule has 0 amide bonds. The summed E-state index contributed by atoms with van der Waals surface area (Å²) in [4.78, 5) is 6.75. The first-order valence-corrected chi connectivity index (χ1v) is 8.68. The van der Waals surface area contributed by atoms with Gasteiger partial charge in [0.1, 0.15) is 5.76 Å². The van der Waals surface area contributed by atoms with Crippen molar-refractivity contribution >= 4 is 34.3 Å². The van der Waals surface area contributed by atoms with Gasteiger partial charge in [0.05, 0.1) is 22.6 Å². The van der Waals surface area contributed by atoms with Gasteiger partial charge >= 0.3 is 0 Å². The highest BCUT2D eigenvalue weighted by atomic mass is 35.5. The van der Waals surface area contributed by atoms with E-state index in [9.17, 15) is 0 Å². The molecule has 0 aliphatic carbocycles. The molecule has 0 fully saturated rings. The molecule has 3 heterocycles. The van der Waals surface area contributed by atoms with E-state index in [4.69, 9.17) is 16.0 Å². The van der Waals surface area contributed by atoms with Crippen molar-refractivity contribution in [2.24, 2.45) is 0 Å². The van der Waals surface area contributed by atoms with Gasteiger partial charge in [-0.15, -0.1) is 22.7 Å². The molecule has 21 heavy (non-hydrogen) atoms. The standard InChI is InChI=1S/C15H15ClN2OS2/c1-9-8-17-15(19-9)10(2)18-14(11-4-3-7-20-11)12-5-6-13(16)21-12/h3-8,10,14,18H,1-2H3. The zero-order valence-corrected chi connectivity index (χ0v) is 14.1. The lowest BCUT2D eigenvalue weighted by Crippen LogP contribution is -2.24. The Kier molecular flexibility index (Phi) is 4.45. The lowest BCUT2D eigenvalue weighted by molar-refractivity contribution is 0.390. The second kappa shape index (κ2) is 6.32. The highest BCUT2D eigenvalue weighted by Crippen LogP contribution is 2.34. The van der Waals surface area contributed by atoms with Crippen molar-refractivity contribution < 1.29 is 4.42 Å². The van der Waals surface area contributed by atoms with Crippen LogP contribution < -0.4 is 5.32 Å². The van der Waals surface area contributed by atoms with Gasteiger partial charge in [-0.1, -0.05) is 17.7 Å². The van der Waals surface area contributed by atoms with Crippen molar-refractivity contribution in [2.45, 2.75) is 25.9 Å². The Hall–Kier alpha value is -1.14. The summed E-state index contributed by atoms with van der Waals surface area (Å²) in [5.41, 5.74) is 0. The van der Waals surface area contributed by atoms with Crippen molar-refractivity contribution in [2.75, 3.05) is 0 Å². The largest absolute Gasteiger partial charge is 0.444 e. The average molecular weight is 339 g/mol. The molecule has 0 aliphatic rings. The first-order valence-electron chi connectivity index (χ1n) is 6.60. The number of nitrogens with zero attached hydrogens (tertiary/aromatic N) is 1. The second-order valence-electron chi connectivity index (χ2n) is 4.79. The summed E-state index contributed by atoms with van der Waals surface area (Å²) in [6.07, 6.45) is 1.75. The van der Waals surface area contributed by atoms with Crippen LogP contribution >= 0.6 is 34.3 Å². The average Bonchev–Trinajstić information content (AvgIpc) is 3.17.